The van der Waals surface area contributed by atoms with Crippen LogP contribution in [0.15, 0.2) is 40.8 Å². The van der Waals surface area contributed by atoms with Crippen molar-refractivity contribution < 1.29 is 38.1 Å². The zero-order valence-corrected chi connectivity index (χ0v) is 21.5. The molecule has 0 saturated carbocycles. The summed E-state index contributed by atoms with van der Waals surface area (Å²) in [7, 11) is 4.44. The second kappa shape index (κ2) is 11.6. The van der Waals surface area contributed by atoms with Gasteiger partial charge in [-0.1, -0.05) is 6.07 Å². The van der Waals surface area contributed by atoms with Gasteiger partial charge < -0.3 is 29.0 Å². The lowest BCUT2D eigenvalue weighted by Crippen LogP contribution is -2.37. The van der Waals surface area contributed by atoms with E-state index in [0.717, 1.165) is 16.7 Å². The first kappa shape index (κ1) is 26.4. The number of benzene rings is 2. The van der Waals surface area contributed by atoms with Crippen molar-refractivity contribution in [2.45, 2.75) is 0 Å². The number of carbonyl (C=O) groups is 3. The predicted molar refractivity (Wildman–Crippen MR) is 138 cm³/mol. The Morgan fingerprint density at radius 3 is 2.45 bits per heavy atom. The summed E-state index contributed by atoms with van der Waals surface area (Å²) in [6.07, 6.45) is 2.97. The van der Waals surface area contributed by atoms with Crippen LogP contribution in [0.5, 0.6) is 28.7 Å². The number of fused-ring (bicyclic) bond motifs is 1. The Bertz CT molecular complexity index is 1370. The quantitative estimate of drug-likeness (QED) is 0.375. The van der Waals surface area contributed by atoms with E-state index in [2.05, 4.69) is 5.32 Å². The van der Waals surface area contributed by atoms with Crippen LogP contribution in [0.25, 0.3) is 12.2 Å². The minimum atomic E-state index is -0.634. The van der Waals surface area contributed by atoms with Crippen molar-refractivity contribution >= 4 is 41.0 Å². The fraction of sp³-hybridized carbons (Fsp3) is 0.231. The molecule has 38 heavy (non-hydrogen) atoms. The highest BCUT2D eigenvalue weighted by Gasteiger charge is 2.35. The zero-order chi connectivity index (χ0) is 27.2. The maximum absolute atomic E-state index is 12.9. The van der Waals surface area contributed by atoms with Crippen molar-refractivity contribution in [3.05, 3.63) is 51.9 Å². The molecule has 0 spiro atoms. The molecule has 12 heteroatoms. The van der Waals surface area contributed by atoms with E-state index in [4.69, 9.17) is 23.7 Å². The largest absolute Gasteiger partial charge is 0.493 e. The van der Waals surface area contributed by atoms with Gasteiger partial charge in [0.2, 0.25) is 12.5 Å². The molecule has 1 fully saturated rings. The van der Waals surface area contributed by atoms with Gasteiger partial charge in [0.1, 0.15) is 11.6 Å². The second-order valence-corrected chi connectivity index (χ2v) is 8.82. The van der Waals surface area contributed by atoms with Crippen molar-refractivity contribution in [3.8, 4) is 34.8 Å². The smallest absolute Gasteiger partial charge is 0.293 e. The van der Waals surface area contributed by atoms with E-state index in [1.807, 2.05) is 6.07 Å². The van der Waals surface area contributed by atoms with Crippen molar-refractivity contribution in [1.29, 1.82) is 5.26 Å². The molecule has 0 atom stereocenters. The average molecular weight is 538 g/mol. The van der Waals surface area contributed by atoms with E-state index in [-0.39, 0.29) is 30.4 Å². The number of ether oxygens (including phenoxy) is 5. The number of rotatable bonds is 9. The summed E-state index contributed by atoms with van der Waals surface area (Å²) in [4.78, 5) is 39.1. The van der Waals surface area contributed by atoms with Crippen LogP contribution < -0.4 is 29.0 Å². The standard InChI is InChI=1S/C26H23N3O8S/c1-33-20-10-16(11-21(34-2)23(20)35-3)12-22-25(31)29(26(32)38-22)7-6-28-24(30)17(13-27)8-15-4-5-18-19(9-15)37-14-36-18/h4-5,8-12H,6-7,14H2,1-3H3,(H,28,30)/b17-8+,22-12-. The highest BCUT2D eigenvalue weighted by molar-refractivity contribution is 8.18. The van der Waals surface area contributed by atoms with E-state index in [1.165, 1.54) is 27.4 Å². The maximum Gasteiger partial charge on any atom is 0.293 e. The summed E-state index contributed by atoms with van der Waals surface area (Å²) in [5.74, 6) is 1.19. The molecule has 3 amide bonds. The summed E-state index contributed by atoms with van der Waals surface area (Å²) < 4.78 is 26.5. The van der Waals surface area contributed by atoms with Gasteiger partial charge in [0, 0.05) is 13.1 Å². The molecule has 2 aliphatic heterocycles. The predicted octanol–water partition coefficient (Wildman–Crippen LogP) is 3.20. The molecule has 0 aromatic heterocycles. The number of imide groups is 1. The van der Waals surface area contributed by atoms with Crippen LogP contribution in [0.3, 0.4) is 0 Å². The molecule has 0 aliphatic carbocycles. The van der Waals surface area contributed by atoms with Gasteiger partial charge in [-0.25, -0.2) is 0 Å². The van der Waals surface area contributed by atoms with E-state index in [0.29, 0.717) is 39.9 Å². The van der Waals surface area contributed by atoms with Crippen LogP contribution in [-0.4, -0.2) is 63.2 Å². The van der Waals surface area contributed by atoms with Gasteiger partial charge in [-0.2, -0.15) is 5.26 Å². The van der Waals surface area contributed by atoms with Gasteiger partial charge in [-0.15, -0.1) is 0 Å². The summed E-state index contributed by atoms with van der Waals surface area (Å²) in [5, 5.41) is 11.5. The van der Waals surface area contributed by atoms with Gasteiger partial charge in [0.15, 0.2) is 23.0 Å². The topological polar surface area (TPSA) is 136 Å². The number of thioether (sulfide) groups is 1. The Morgan fingerprint density at radius 1 is 1.08 bits per heavy atom. The molecule has 4 rings (SSSR count). The third kappa shape index (κ3) is 5.52. The normalized spacial score (nSPS) is 15.5. The number of methoxy groups -OCH3 is 3. The van der Waals surface area contributed by atoms with Gasteiger partial charge in [0.25, 0.3) is 17.1 Å². The van der Waals surface area contributed by atoms with Crippen molar-refractivity contribution in [1.82, 2.24) is 10.2 Å². The Morgan fingerprint density at radius 2 is 1.79 bits per heavy atom. The first-order valence-corrected chi connectivity index (χ1v) is 12.0. The third-order valence-corrected chi connectivity index (χ3v) is 6.46. The maximum atomic E-state index is 12.9. The molecule has 196 valence electrons. The van der Waals surface area contributed by atoms with Gasteiger partial charge in [-0.3, -0.25) is 19.3 Å². The monoisotopic (exact) mass is 537 g/mol. The SMILES string of the molecule is COc1cc(/C=C2\SC(=O)N(CCNC(=O)/C(C#N)=C/c3ccc4c(c3)OCO4)C2=O)cc(OC)c1OC. The van der Waals surface area contributed by atoms with Crippen LogP contribution >= 0.6 is 11.8 Å². The second-order valence-electron chi connectivity index (χ2n) is 7.83. The highest BCUT2D eigenvalue weighted by atomic mass is 32.2. The van der Waals surface area contributed by atoms with Crippen LogP contribution in [0, 0.1) is 11.3 Å². The average Bonchev–Trinajstić information content (AvgIpc) is 3.50. The minimum Gasteiger partial charge on any atom is -0.493 e. The van der Waals surface area contributed by atoms with Crippen LogP contribution in [0.2, 0.25) is 0 Å². The molecule has 0 radical (unpaired) electrons. The Labute approximate surface area is 222 Å². The van der Waals surface area contributed by atoms with Gasteiger partial charge in [0.05, 0.1) is 26.2 Å². The first-order valence-electron chi connectivity index (χ1n) is 11.2. The Kier molecular flexibility index (Phi) is 8.08. The molecule has 11 nitrogen and oxygen atoms in total. The molecule has 2 aromatic carbocycles. The van der Waals surface area contributed by atoms with Crippen LogP contribution in [-0.2, 0) is 9.59 Å². The van der Waals surface area contributed by atoms with Gasteiger partial charge in [-0.05, 0) is 59.3 Å². The minimum absolute atomic E-state index is 0.0332. The number of hydrogen-bond acceptors (Lipinski definition) is 10. The third-order valence-electron chi connectivity index (χ3n) is 5.55. The molecule has 0 unspecified atom stereocenters. The molecular formula is C26H23N3O8S. The van der Waals surface area contributed by atoms with Crippen LogP contribution in [0.4, 0.5) is 4.79 Å². The van der Waals surface area contributed by atoms with E-state index in [1.54, 1.807) is 36.4 Å². The molecule has 1 saturated heterocycles. The molecule has 0 bridgehead atoms. The number of nitriles is 1. The fourth-order valence-corrected chi connectivity index (χ4v) is 4.59. The number of hydrogen-bond donors (Lipinski definition) is 1. The molecule has 2 aromatic rings. The van der Waals surface area contributed by atoms with E-state index >= 15 is 0 Å². The lowest BCUT2D eigenvalue weighted by atomic mass is 10.1. The van der Waals surface area contributed by atoms with Crippen LogP contribution in [0.1, 0.15) is 11.1 Å². The molecule has 2 heterocycles. The molecule has 2 aliphatic rings. The van der Waals surface area contributed by atoms with E-state index in [9.17, 15) is 19.6 Å². The number of amides is 3. The van der Waals surface area contributed by atoms with E-state index < -0.39 is 17.1 Å². The summed E-state index contributed by atoms with van der Waals surface area (Å²) in [5.41, 5.74) is 1.02. The molecule has 1 N–H and O–H groups in total. The number of nitrogens with one attached hydrogen (secondary N) is 1. The molecular weight excluding hydrogens is 514 g/mol. The van der Waals surface area contributed by atoms with Crippen molar-refractivity contribution in [3.63, 3.8) is 0 Å². The summed E-state index contributed by atoms with van der Waals surface area (Å²) in [6.45, 7) is 0.0138. The lowest BCUT2D eigenvalue weighted by Gasteiger charge is -2.13. The lowest BCUT2D eigenvalue weighted by molar-refractivity contribution is -0.123. The Balaban J connectivity index is 1.40. The first-order chi connectivity index (χ1) is 18.4. The Hall–Kier alpha value is -4.63. The van der Waals surface area contributed by atoms with Crippen molar-refractivity contribution in [2.24, 2.45) is 0 Å². The van der Waals surface area contributed by atoms with Crippen molar-refractivity contribution in [2.75, 3.05) is 41.2 Å². The fourth-order valence-electron chi connectivity index (χ4n) is 3.72. The highest BCUT2D eigenvalue weighted by Crippen LogP contribution is 2.40. The number of nitrogens with zero attached hydrogens (tertiary/aromatic N) is 2. The van der Waals surface area contributed by atoms with Gasteiger partial charge >= 0.3 is 0 Å². The number of carbonyl (C=O) groups excluding carboxylic acids is 3. The summed E-state index contributed by atoms with van der Waals surface area (Å²) >= 11 is 0.782. The zero-order valence-electron chi connectivity index (χ0n) is 20.7. The summed E-state index contributed by atoms with van der Waals surface area (Å²) in [6, 6.07) is 10.2.